The van der Waals surface area contributed by atoms with Crippen LogP contribution < -0.4 is 5.73 Å². The molecule has 2 N–H and O–H groups in total. The van der Waals surface area contributed by atoms with Crippen LogP contribution in [0.1, 0.15) is 32.1 Å². The zero-order valence-corrected chi connectivity index (χ0v) is 8.58. The summed E-state index contributed by atoms with van der Waals surface area (Å²) in [7, 11) is 2.17. The van der Waals surface area contributed by atoms with Gasteiger partial charge in [0, 0.05) is 32.2 Å². The lowest BCUT2D eigenvalue weighted by Gasteiger charge is -2.35. The average Bonchev–Trinajstić information content (AvgIpc) is 2.47. The van der Waals surface area contributed by atoms with Crippen LogP contribution in [0.25, 0.3) is 0 Å². The second-order valence-electron chi connectivity index (χ2n) is 4.51. The van der Waals surface area contributed by atoms with Gasteiger partial charge in [-0.3, -0.25) is 0 Å². The number of nitrogens with zero attached hydrogens (tertiary/aromatic N) is 2. The lowest BCUT2D eigenvalue weighted by Crippen LogP contribution is -2.42. The predicted octanol–water partition coefficient (Wildman–Crippen LogP) is 0.809. The molecule has 1 aliphatic heterocycles. The highest BCUT2D eigenvalue weighted by Gasteiger charge is 2.31. The summed E-state index contributed by atoms with van der Waals surface area (Å²) in [5, 5.41) is 4.81. The van der Waals surface area contributed by atoms with Crippen molar-refractivity contribution < 1.29 is 0 Å². The quantitative estimate of drug-likeness (QED) is 0.653. The van der Waals surface area contributed by atoms with Gasteiger partial charge in [-0.15, -0.1) is 0 Å². The molecule has 3 nitrogen and oxygen atoms in total. The van der Waals surface area contributed by atoms with Gasteiger partial charge < -0.3 is 5.73 Å². The first kappa shape index (κ1) is 9.44. The fourth-order valence-electron chi connectivity index (χ4n) is 2.69. The van der Waals surface area contributed by atoms with Gasteiger partial charge in [-0.2, -0.15) is 0 Å². The molecule has 0 radical (unpaired) electrons. The van der Waals surface area contributed by atoms with Crippen molar-refractivity contribution in [3.63, 3.8) is 0 Å². The summed E-state index contributed by atoms with van der Waals surface area (Å²) in [6.45, 7) is 2.11. The van der Waals surface area contributed by atoms with Gasteiger partial charge in [0.1, 0.15) is 0 Å². The molecule has 2 aliphatic rings. The monoisotopic (exact) mass is 183 g/mol. The zero-order chi connectivity index (χ0) is 9.26. The van der Waals surface area contributed by atoms with Crippen LogP contribution in [0.2, 0.25) is 0 Å². The summed E-state index contributed by atoms with van der Waals surface area (Å²) >= 11 is 0. The van der Waals surface area contributed by atoms with E-state index in [2.05, 4.69) is 17.1 Å². The van der Waals surface area contributed by atoms with Crippen LogP contribution in [-0.2, 0) is 0 Å². The van der Waals surface area contributed by atoms with E-state index < -0.39 is 0 Å². The van der Waals surface area contributed by atoms with Crippen molar-refractivity contribution in [1.29, 1.82) is 0 Å². The van der Waals surface area contributed by atoms with Crippen LogP contribution in [0, 0.1) is 0 Å². The third-order valence-corrected chi connectivity index (χ3v) is 3.36. The maximum Gasteiger partial charge on any atom is 0.0325 e. The molecule has 1 saturated carbocycles. The molecule has 13 heavy (non-hydrogen) atoms. The van der Waals surface area contributed by atoms with E-state index in [1.165, 1.54) is 32.1 Å². The van der Waals surface area contributed by atoms with E-state index in [0.717, 1.165) is 19.1 Å². The van der Waals surface area contributed by atoms with E-state index in [1.807, 2.05) is 0 Å². The largest absolute Gasteiger partial charge is 0.325 e. The van der Waals surface area contributed by atoms with Gasteiger partial charge in [0.25, 0.3) is 0 Å². The molecule has 0 aromatic heterocycles. The summed E-state index contributed by atoms with van der Waals surface area (Å²) in [5.74, 6) is 0. The number of hydrogen-bond acceptors (Lipinski definition) is 3. The number of hydrazine groups is 1. The van der Waals surface area contributed by atoms with E-state index in [4.69, 9.17) is 5.73 Å². The molecular weight excluding hydrogens is 162 g/mol. The molecule has 2 rings (SSSR count). The van der Waals surface area contributed by atoms with Crippen molar-refractivity contribution in [3.8, 4) is 0 Å². The first-order chi connectivity index (χ1) is 6.27. The molecule has 0 spiro atoms. The second-order valence-corrected chi connectivity index (χ2v) is 4.51. The molecule has 0 bridgehead atoms. The predicted molar refractivity (Wildman–Crippen MR) is 54.2 cm³/mol. The minimum atomic E-state index is 0.368. The Morgan fingerprint density at radius 2 is 1.77 bits per heavy atom. The van der Waals surface area contributed by atoms with Crippen LogP contribution in [-0.4, -0.2) is 42.2 Å². The molecule has 1 heterocycles. The lowest BCUT2D eigenvalue weighted by molar-refractivity contribution is -0.00493. The number of likely N-dealkylation sites (N-methyl/N-ethyl adjacent to an activating group) is 1. The lowest BCUT2D eigenvalue weighted by atomic mass is 9.95. The Hall–Kier alpha value is -0.120. The minimum absolute atomic E-state index is 0.368. The minimum Gasteiger partial charge on any atom is -0.325 e. The Kier molecular flexibility index (Phi) is 2.86. The standard InChI is InChI=1S/C10H21N3/c1-12-7-9(11)8-13(12)10-5-3-2-4-6-10/h9-10H,2-8,11H2,1H3. The Morgan fingerprint density at radius 1 is 1.08 bits per heavy atom. The summed E-state index contributed by atoms with van der Waals surface area (Å²) in [4.78, 5) is 0. The third kappa shape index (κ3) is 2.03. The Balaban J connectivity index is 1.91. The van der Waals surface area contributed by atoms with Crippen molar-refractivity contribution >= 4 is 0 Å². The molecule has 1 atom stereocenters. The maximum absolute atomic E-state index is 5.94. The van der Waals surface area contributed by atoms with Gasteiger partial charge in [0.2, 0.25) is 0 Å². The van der Waals surface area contributed by atoms with Gasteiger partial charge >= 0.3 is 0 Å². The van der Waals surface area contributed by atoms with Gasteiger partial charge in [0.15, 0.2) is 0 Å². The normalized spacial score (nSPS) is 34.2. The van der Waals surface area contributed by atoms with Gasteiger partial charge in [-0.25, -0.2) is 10.0 Å². The van der Waals surface area contributed by atoms with E-state index in [9.17, 15) is 0 Å². The molecule has 76 valence electrons. The van der Waals surface area contributed by atoms with Gasteiger partial charge in [-0.1, -0.05) is 19.3 Å². The highest BCUT2D eigenvalue weighted by Crippen LogP contribution is 2.25. The van der Waals surface area contributed by atoms with E-state index in [0.29, 0.717) is 6.04 Å². The molecule has 1 unspecified atom stereocenters. The molecule has 0 amide bonds. The molecule has 0 aromatic carbocycles. The van der Waals surface area contributed by atoms with Gasteiger partial charge in [0.05, 0.1) is 0 Å². The SMILES string of the molecule is CN1CC(N)CN1C1CCCCC1. The zero-order valence-electron chi connectivity index (χ0n) is 8.58. The van der Waals surface area contributed by atoms with Crippen LogP contribution in [0.5, 0.6) is 0 Å². The number of nitrogens with two attached hydrogens (primary N) is 1. The summed E-state index contributed by atoms with van der Waals surface area (Å²) in [6, 6.07) is 1.15. The van der Waals surface area contributed by atoms with E-state index in [-0.39, 0.29) is 0 Å². The smallest absolute Gasteiger partial charge is 0.0325 e. The van der Waals surface area contributed by atoms with E-state index >= 15 is 0 Å². The fourth-order valence-corrected chi connectivity index (χ4v) is 2.69. The second kappa shape index (κ2) is 3.95. The molecular formula is C10H21N3. The van der Waals surface area contributed by atoms with Crippen molar-refractivity contribution in [3.05, 3.63) is 0 Å². The highest BCUT2D eigenvalue weighted by molar-refractivity contribution is 4.83. The fraction of sp³-hybridized carbons (Fsp3) is 1.00. The van der Waals surface area contributed by atoms with Crippen LogP contribution in [0.3, 0.4) is 0 Å². The summed E-state index contributed by atoms with van der Waals surface area (Å²) in [5.41, 5.74) is 5.94. The summed E-state index contributed by atoms with van der Waals surface area (Å²) < 4.78 is 0. The molecule has 1 aliphatic carbocycles. The van der Waals surface area contributed by atoms with Crippen LogP contribution in [0.4, 0.5) is 0 Å². The molecule has 2 fully saturated rings. The molecule has 0 aromatic rings. The molecule has 1 saturated heterocycles. The average molecular weight is 183 g/mol. The van der Waals surface area contributed by atoms with Crippen LogP contribution >= 0.6 is 0 Å². The Morgan fingerprint density at radius 3 is 2.31 bits per heavy atom. The topological polar surface area (TPSA) is 32.5 Å². The Bertz CT molecular complexity index is 166. The highest BCUT2D eigenvalue weighted by atomic mass is 15.6. The van der Waals surface area contributed by atoms with Crippen molar-refractivity contribution in [2.75, 3.05) is 20.1 Å². The first-order valence-electron chi connectivity index (χ1n) is 5.50. The number of hydrogen-bond donors (Lipinski definition) is 1. The van der Waals surface area contributed by atoms with Crippen molar-refractivity contribution in [1.82, 2.24) is 10.0 Å². The van der Waals surface area contributed by atoms with E-state index in [1.54, 1.807) is 0 Å². The third-order valence-electron chi connectivity index (χ3n) is 3.36. The number of rotatable bonds is 1. The van der Waals surface area contributed by atoms with Gasteiger partial charge in [-0.05, 0) is 12.8 Å². The summed E-state index contributed by atoms with van der Waals surface area (Å²) in [6.07, 6.45) is 6.99. The van der Waals surface area contributed by atoms with Crippen molar-refractivity contribution in [2.45, 2.75) is 44.2 Å². The first-order valence-corrected chi connectivity index (χ1v) is 5.50. The van der Waals surface area contributed by atoms with Crippen molar-refractivity contribution in [2.24, 2.45) is 5.73 Å². The van der Waals surface area contributed by atoms with Crippen LogP contribution in [0.15, 0.2) is 0 Å². The molecule has 3 heteroatoms. The maximum atomic E-state index is 5.94. The Labute approximate surface area is 80.8 Å².